The Labute approximate surface area is 97.1 Å². The van der Waals surface area contributed by atoms with E-state index in [0.717, 1.165) is 25.9 Å². The normalized spacial score (nSPS) is 20.9. The van der Waals surface area contributed by atoms with Gasteiger partial charge in [-0.1, -0.05) is 6.07 Å². The van der Waals surface area contributed by atoms with Crippen LogP contribution in [0.5, 0.6) is 0 Å². The van der Waals surface area contributed by atoms with Crippen LogP contribution in [0.25, 0.3) is 0 Å². The van der Waals surface area contributed by atoms with Gasteiger partial charge in [-0.25, -0.2) is 0 Å². The Kier molecular flexibility index (Phi) is 3.91. The minimum atomic E-state index is -0.341. The molecule has 1 aromatic heterocycles. The van der Waals surface area contributed by atoms with E-state index in [1.54, 1.807) is 6.92 Å². The zero-order chi connectivity index (χ0) is 11.4. The van der Waals surface area contributed by atoms with E-state index < -0.39 is 0 Å². The molecule has 1 N–H and O–H groups in total. The Bertz CT molecular complexity index is 305. The van der Waals surface area contributed by atoms with Crippen LogP contribution in [0.4, 0.5) is 0 Å². The maximum atomic E-state index is 9.28. The van der Waals surface area contributed by atoms with E-state index in [1.807, 2.05) is 18.8 Å². The molecule has 1 saturated heterocycles. The van der Waals surface area contributed by atoms with Gasteiger partial charge in [-0.2, -0.15) is 0 Å². The molecule has 0 spiro atoms. The van der Waals surface area contributed by atoms with E-state index in [0.29, 0.717) is 5.92 Å². The highest BCUT2D eigenvalue weighted by Crippen LogP contribution is 2.26. The molecule has 2 heterocycles. The van der Waals surface area contributed by atoms with Crippen LogP contribution >= 0.6 is 0 Å². The topological polar surface area (TPSA) is 36.4 Å². The number of hydrogen-bond acceptors (Lipinski definition) is 3. The van der Waals surface area contributed by atoms with Crippen molar-refractivity contribution in [3.05, 3.63) is 36.6 Å². The Morgan fingerprint density at radius 1 is 1.44 bits per heavy atom. The molecule has 0 amide bonds. The zero-order valence-corrected chi connectivity index (χ0v) is 9.71. The summed E-state index contributed by atoms with van der Waals surface area (Å²) in [5.74, 6) is 0.583. The molecule has 0 saturated carbocycles. The molecule has 1 aliphatic rings. The van der Waals surface area contributed by atoms with E-state index in [-0.39, 0.29) is 6.10 Å². The first kappa shape index (κ1) is 11.6. The molecule has 0 aliphatic carbocycles. The van der Waals surface area contributed by atoms with E-state index in [2.05, 4.69) is 22.0 Å². The van der Waals surface area contributed by atoms with Crippen LogP contribution in [0, 0.1) is 6.54 Å². The summed E-state index contributed by atoms with van der Waals surface area (Å²) >= 11 is 0. The second kappa shape index (κ2) is 5.41. The van der Waals surface area contributed by atoms with Crippen molar-refractivity contribution < 1.29 is 5.11 Å². The molecular formula is C13H19N2O. The Morgan fingerprint density at radius 3 is 2.75 bits per heavy atom. The maximum absolute atomic E-state index is 9.28. The van der Waals surface area contributed by atoms with Gasteiger partial charge in [0.1, 0.15) is 0 Å². The lowest BCUT2D eigenvalue weighted by Gasteiger charge is -2.31. The van der Waals surface area contributed by atoms with Gasteiger partial charge in [-0.05, 0) is 45.0 Å². The first-order chi connectivity index (χ1) is 7.75. The highest BCUT2D eigenvalue weighted by molar-refractivity contribution is 5.10. The van der Waals surface area contributed by atoms with Crippen LogP contribution in [0.3, 0.4) is 0 Å². The SMILES string of the molecule is CC(O)[CH]N1CCC(c2ccccn2)CC1. The van der Waals surface area contributed by atoms with Crippen LogP contribution in [0.2, 0.25) is 0 Å². The molecule has 1 aromatic rings. The van der Waals surface area contributed by atoms with E-state index in [9.17, 15) is 5.11 Å². The van der Waals surface area contributed by atoms with Crippen LogP contribution in [-0.4, -0.2) is 34.2 Å². The largest absolute Gasteiger partial charge is 0.392 e. The summed E-state index contributed by atoms with van der Waals surface area (Å²) in [6.07, 6.45) is 3.77. The standard InChI is InChI=1S/C13H19N2O/c1-11(16)10-15-8-5-12(6-9-15)13-4-2-3-7-14-13/h2-4,7,10-12,16H,5-6,8-9H2,1H3. The lowest BCUT2D eigenvalue weighted by Crippen LogP contribution is -2.34. The van der Waals surface area contributed by atoms with Gasteiger partial charge in [-0.15, -0.1) is 0 Å². The highest BCUT2D eigenvalue weighted by atomic mass is 16.3. The number of rotatable bonds is 3. The predicted octanol–water partition coefficient (Wildman–Crippen LogP) is 1.80. The number of pyridine rings is 1. The molecular weight excluding hydrogens is 200 g/mol. The monoisotopic (exact) mass is 219 g/mol. The summed E-state index contributed by atoms with van der Waals surface area (Å²) in [6.45, 7) is 5.75. The predicted molar refractivity (Wildman–Crippen MR) is 63.8 cm³/mol. The van der Waals surface area contributed by atoms with Crippen LogP contribution < -0.4 is 0 Å². The van der Waals surface area contributed by atoms with Crippen molar-refractivity contribution in [1.29, 1.82) is 0 Å². The van der Waals surface area contributed by atoms with Crippen molar-refractivity contribution in [2.45, 2.75) is 31.8 Å². The second-order valence-electron chi connectivity index (χ2n) is 4.45. The summed E-state index contributed by atoms with van der Waals surface area (Å²) in [6, 6.07) is 6.12. The molecule has 0 aromatic carbocycles. The van der Waals surface area contributed by atoms with Gasteiger partial charge in [-0.3, -0.25) is 9.88 Å². The molecule has 1 aliphatic heterocycles. The van der Waals surface area contributed by atoms with Crippen molar-refractivity contribution in [3.8, 4) is 0 Å². The first-order valence-electron chi connectivity index (χ1n) is 5.94. The average Bonchev–Trinajstić information content (AvgIpc) is 2.30. The minimum Gasteiger partial charge on any atom is -0.392 e. The van der Waals surface area contributed by atoms with Crippen molar-refractivity contribution in [2.24, 2.45) is 0 Å². The summed E-state index contributed by atoms with van der Waals surface area (Å²) in [5, 5.41) is 9.28. The summed E-state index contributed by atoms with van der Waals surface area (Å²) in [5.41, 5.74) is 1.21. The van der Waals surface area contributed by atoms with E-state index >= 15 is 0 Å². The summed E-state index contributed by atoms with van der Waals surface area (Å²) in [7, 11) is 0. The highest BCUT2D eigenvalue weighted by Gasteiger charge is 2.21. The van der Waals surface area contributed by atoms with E-state index in [1.165, 1.54) is 5.69 Å². The number of aromatic nitrogens is 1. The molecule has 2 rings (SSSR count). The Balaban J connectivity index is 1.86. The van der Waals surface area contributed by atoms with Crippen LogP contribution in [0.15, 0.2) is 24.4 Å². The fraction of sp³-hybridized carbons (Fsp3) is 0.538. The minimum absolute atomic E-state index is 0.341. The Hall–Kier alpha value is -0.930. The Morgan fingerprint density at radius 2 is 2.19 bits per heavy atom. The zero-order valence-electron chi connectivity index (χ0n) is 9.71. The van der Waals surface area contributed by atoms with Crippen molar-refractivity contribution >= 4 is 0 Å². The quantitative estimate of drug-likeness (QED) is 0.842. The molecule has 87 valence electrons. The number of nitrogens with zero attached hydrogens (tertiary/aromatic N) is 2. The smallest absolute Gasteiger partial charge is 0.0683 e. The molecule has 3 nitrogen and oxygen atoms in total. The van der Waals surface area contributed by atoms with Crippen molar-refractivity contribution in [1.82, 2.24) is 9.88 Å². The van der Waals surface area contributed by atoms with Crippen molar-refractivity contribution in [2.75, 3.05) is 13.1 Å². The number of likely N-dealkylation sites (tertiary alicyclic amines) is 1. The third-order valence-corrected chi connectivity index (χ3v) is 3.06. The van der Waals surface area contributed by atoms with Crippen molar-refractivity contribution in [3.63, 3.8) is 0 Å². The molecule has 1 fully saturated rings. The van der Waals surface area contributed by atoms with E-state index in [4.69, 9.17) is 0 Å². The number of piperidine rings is 1. The molecule has 0 bridgehead atoms. The molecule has 1 atom stereocenters. The van der Waals surface area contributed by atoms with Gasteiger partial charge in [0.05, 0.1) is 12.6 Å². The summed E-state index contributed by atoms with van der Waals surface area (Å²) in [4.78, 5) is 6.62. The average molecular weight is 219 g/mol. The molecule has 1 radical (unpaired) electrons. The van der Waals surface area contributed by atoms with Gasteiger partial charge < -0.3 is 5.11 Å². The number of aliphatic hydroxyl groups is 1. The van der Waals surface area contributed by atoms with Crippen LogP contribution in [0.1, 0.15) is 31.4 Å². The second-order valence-corrected chi connectivity index (χ2v) is 4.45. The molecule has 3 heteroatoms. The summed E-state index contributed by atoms with van der Waals surface area (Å²) < 4.78 is 0. The van der Waals surface area contributed by atoms with Gasteiger partial charge in [0.2, 0.25) is 0 Å². The van der Waals surface area contributed by atoms with Gasteiger partial charge >= 0.3 is 0 Å². The fourth-order valence-corrected chi connectivity index (χ4v) is 2.27. The molecule has 16 heavy (non-hydrogen) atoms. The first-order valence-corrected chi connectivity index (χ1v) is 5.94. The number of hydrogen-bond donors (Lipinski definition) is 1. The van der Waals surface area contributed by atoms with Gasteiger partial charge in [0.25, 0.3) is 0 Å². The van der Waals surface area contributed by atoms with Gasteiger partial charge in [0.15, 0.2) is 0 Å². The number of aliphatic hydroxyl groups excluding tert-OH is 1. The third-order valence-electron chi connectivity index (χ3n) is 3.06. The van der Waals surface area contributed by atoms with Crippen LogP contribution in [-0.2, 0) is 0 Å². The third kappa shape index (κ3) is 3.03. The lowest BCUT2D eigenvalue weighted by molar-refractivity contribution is 0.152. The van der Waals surface area contributed by atoms with Gasteiger partial charge in [0, 0.05) is 17.8 Å². The fourth-order valence-electron chi connectivity index (χ4n) is 2.27. The molecule has 1 unspecified atom stereocenters. The maximum Gasteiger partial charge on any atom is 0.0683 e. The lowest BCUT2D eigenvalue weighted by atomic mass is 9.93.